The van der Waals surface area contributed by atoms with Crippen molar-refractivity contribution in [1.29, 1.82) is 0 Å². The predicted molar refractivity (Wildman–Crippen MR) is 120 cm³/mol. The third-order valence-electron chi connectivity index (χ3n) is 6.13. The van der Waals surface area contributed by atoms with Crippen LogP contribution in [0, 0.1) is 0 Å². The number of hydrogen-bond acceptors (Lipinski definition) is 3. The molecule has 0 aromatic heterocycles. The van der Waals surface area contributed by atoms with Crippen LogP contribution in [0.5, 0.6) is 0 Å². The average Bonchev–Trinajstić information content (AvgIpc) is 2.37. The van der Waals surface area contributed by atoms with Gasteiger partial charge in [-0.1, -0.05) is 41.5 Å². The number of carboxylic acid groups (broad SMARTS) is 1. The van der Waals surface area contributed by atoms with E-state index in [1.165, 1.54) is 4.90 Å². The second-order valence-corrected chi connectivity index (χ2v) is 21.2. The molecule has 7 heteroatoms. The molecule has 0 aliphatic heterocycles. The van der Waals surface area contributed by atoms with E-state index in [1.54, 1.807) is 0 Å². The molecule has 0 rings (SSSR count). The summed E-state index contributed by atoms with van der Waals surface area (Å²) in [6.45, 7) is 28.6. The van der Waals surface area contributed by atoms with Crippen LogP contribution in [-0.2, 0) is 8.85 Å². The van der Waals surface area contributed by atoms with Gasteiger partial charge in [0.15, 0.2) is 16.6 Å². The van der Waals surface area contributed by atoms with E-state index in [1.807, 2.05) is 20.8 Å². The molecular weight excluding hydrogens is 374 g/mol. The Morgan fingerprint density at radius 2 is 1.30 bits per heavy atom. The lowest BCUT2D eigenvalue weighted by atomic mass is 10.1. The van der Waals surface area contributed by atoms with Gasteiger partial charge in [-0.3, -0.25) is 0 Å². The van der Waals surface area contributed by atoms with Crippen molar-refractivity contribution in [3.05, 3.63) is 0 Å². The van der Waals surface area contributed by atoms with Gasteiger partial charge in [0.05, 0.1) is 19.3 Å². The molecule has 0 heterocycles. The van der Waals surface area contributed by atoms with E-state index < -0.39 is 28.3 Å². The molecule has 1 N–H and O–H groups in total. The lowest BCUT2D eigenvalue weighted by Crippen LogP contribution is -2.54. The summed E-state index contributed by atoms with van der Waals surface area (Å²) in [5.41, 5.74) is -0.488. The van der Waals surface area contributed by atoms with Crippen molar-refractivity contribution in [2.75, 3.05) is 13.2 Å². The quantitative estimate of drug-likeness (QED) is 0.501. The summed E-state index contributed by atoms with van der Waals surface area (Å²) in [6.07, 6.45) is -1.19. The summed E-state index contributed by atoms with van der Waals surface area (Å²) < 4.78 is 13.0. The highest BCUT2D eigenvalue weighted by atomic mass is 28.4. The lowest BCUT2D eigenvalue weighted by molar-refractivity contribution is 0.0380. The van der Waals surface area contributed by atoms with Gasteiger partial charge in [-0.25, -0.2) is 4.79 Å². The molecule has 0 fully saturated rings. The van der Waals surface area contributed by atoms with Gasteiger partial charge in [-0.2, -0.15) is 0 Å². The van der Waals surface area contributed by atoms with Gasteiger partial charge in [-0.15, -0.1) is 0 Å². The minimum absolute atomic E-state index is 0.0536. The fraction of sp³-hybridized carbons (Fsp3) is 0.950. The second-order valence-electron chi connectivity index (χ2n) is 11.6. The third kappa shape index (κ3) is 7.87. The highest BCUT2D eigenvalue weighted by molar-refractivity contribution is 6.74. The minimum atomic E-state index is -2.06. The van der Waals surface area contributed by atoms with Crippen LogP contribution in [0.1, 0.15) is 62.3 Å². The van der Waals surface area contributed by atoms with Gasteiger partial charge in [0.1, 0.15) is 0 Å². The molecule has 0 aromatic rings. The monoisotopic (exact) mass is 419 g/mol. The van der Waals surface area contributed by atoms with E-state index in [9.17, 15) is 9.90 Å². The van der Waals surface area contributed by atoms with Crippen LogP contribution in [0.15, 0.2) is 0 Å². The highest BCUT2D eigenvalue weighted by Gasteiger charge is 2.42. The molecule has 1 atom stereocenters. The highest BCUT2D eigenvalue weighted by Crippen LogP contribution is 2.39. The standard InChI is InChI=1S/C20H45NO4Si2/c1-18(2,3)21(17(22)23)14-16(25-27(12,13)20(7,8)9)15-24-26(10,11)19(4,5)6/h16H,14-15H2,1-13H3,(H,22,23)/t16-/m0/s1. The Morgan fingerprint density at radius 1 is 0.889 bits per heavy atom. The van der Waals surface area contributed by atoms with Crippen molar-refractivity contribution < 1.29 is 18.8 Å². The fourth-order valence-corrected chi connectivity index (χ4v) is 4.44. The van der Waals surface area contributed by atoms with Gasteiger partial charge in [0.25, 0.3) is 0 Å². The van der Waals surface area contributed by atoms with Crippen LogP contribution in [0.2, 0.25) is 36.3 Å². The van der Waals surface area contributed by atoms with Crippen LogP contribution in [0.25, 0.3) is 0 Å². The third-order valence-corrected chi connectivity index (χ3v) is 15.2. The number of hydrogen-bond donors (Lipinski definition) is 1. The first-order valence-electron chi connectivity index (χ1n) is 9.94. The van der Waals surface area contributed by atoms with Crippen LogP contribution in [0.3, 0.4) is 0 Å². The summed E-state index contributed by atoms with van der Waals surface area (Å²) in [4.78, 5) is 13.3. The van der Waals surface area contributed by atoms with Crippen molar-refractivity contribution in [1.82, 2.24) is 4.90 Å². The largest absolute Gasteiger partial charge is 0.465 e. The van der Waals surface area contributed by atoms with Gasteiger partial charge < -0.3 is 18.9 Å². The molecule has 0 aliphatic carbocycles. The zero-order valence-corrected chi connectivity index (χ0v) is 22.1. The van der Waals surface area contributed by atoms with Crippen molar-refractivity contribution in [2.24, 2.45) is 0 Å². The molecule has 0 aromatic carbocycles. The maximum Gasteiger partial charge on any atom is 0.407 e. The molecular formula is C20H45NO4Si2. The summed E-state index contributed by atoms with van der Waals surface area (Å²) >= 11 is 0. The Balaban J connectivity index is 5.61. The molecule has 0 radical (unpaired) electrons. The molecule has 1 amide bonds. The molecule has 0 unspecified atom stereocenters. The topological polar surface area (TPSA) is 59.0 Å². The SMILES string of the molecule is CC(C)(C)N(C[C@@H](CO[Si](C)(C)C(C)(C)C)O[Si](C)(C)C(C)(C)C)C(=O)O. The minimum Gasteiger partial charge on any atom is -0.465 e. The average molecular weight is 420 g/mol. The van der Waals surface area contributed by atoms with Gasteiger partial charge in [-0.05, 0) is 57.0 Å². The Hall–Kier alpha value is -0.376. The first-order valence-corrected chi connectivity index (χ1v) is 15.8. The van der Waals surface area contributed by atoms with E-state index in [-0.39, 0.29) is 16.2 Å². The summed E-state index contributed by atoms with van der Waals surface area (Å²) in [5, 5.41) is 9.88. The summed E-state index contributed by atoms with van der Waals surface area (Å²) in [7, 11) is -4.00. The predicted octanol–water partition coefficient (Wildman–Crippen LogP) is 6.18. The van der Waals surface area contributed by atoms with Crippen molar-refractivity contribution in [3.8, 4) is 0 Å². The van der Waals surface area contributed by atoms with E-state index in [2.05, 4.69) is 67.7 Å². The molecule has 27 heavy (non-hydrogen) atoms. The van der Waals surface area contributed by atoms with Gasteiger partial charge >= 0.3 is 6.09 Å². The number of rotatable bonds is 7. The Morgan fingerprint density at radius 3 is 1.59 bits per heavy atom. The lowest BCUT2D eigenvalue weighted by Gasteiger charge is -2.44. The number of amides is 1. The maximum atomic E-state index is 11.9. The van der Waals surface area contributed by atoms with E-state index in [4.69, 9.17) is 8.85 Å². The summed E-state index contributed by atoms with van der Waals surface area (Å²) in [5.74, 6) is 0. The van der Waals surface area contributed by atoms with Crippen molar-refractivity contribution >= 4 is 22.7 Å². The molecule has 0 bridgehead atoms. The van der Waals surface area contributed by atoms with E-state index in [0.29, 0.717) is 13.2 Å². The fourth-order valence-electron chi connectivity index (χ4n) is 2.08. The molecule has 0 spiro atoms. The molecule has 0 aliphatic rings. The second kappa shape index (κ2) is 8.55. The first kappa shape index (κ1) is 26.6. The molecule has 0 saturated carbocycles. The molecule has 0 saturated heterocycles. The smallest absolute Gasteiger partial charge is 0.407 e. The zero-order chi connectivity index (χ0) is 22.1. The van der Waals surface area contributed by atoms with E-state index in [0.717, 1.165) is 0 Å². The van der Waals surface area contributed by atoms with Gasteiger partial charge in [0, 0.05) is 5.54 Å². The number of carbonyl (C=O) groups is 1. The molecule has 5 nitrogen and oxygen atoms in total. The molecule has 162 valence electrons. The van der Waals surface area contributed by atoms with Crippen LogP contribution >= 0.6 is 0 Å². The maximum absolute atomic E-state index is 11.9. The van der Waals surface area contributed by atoms with Crippen molar-refractivity contribution in [2.45, 2.75) is 110 Å². The van der Waals surface area contributed by atoms with Crippen molar-refractivity contribution in [3.63, 3.8) is 0 Å². The Kier molecular flexibility index (Phi) is 8.43. The van der Waals surface area contributed by atoms with E-state index >= 15 is 0 Å². The zero-order valence-electron chi connectivity index (χ0n) is 20.1. The van der Waals surface area contributed by atoms with Crippen LogP contribution < -0.4 is 0 Å². The van der Waals surface area contributed by atoms with Crippen LogP contribution in [0.4, 0.5) is 4.79 Å². The summed E-state index contributed by atoms with van der Waals surface area (Å²) in [6, 6.07) is 0. The first-order chi connectivity index (χ1) is 11.6. The normalized spacial score (nSPS) is 15.6. The Labute approximate surface area is 170 Å². The van der Waals surface area contributed by atoms with Crippen LogP contribution in [-0.4, -0.2) is 57.5 Å². The number of nitrogens with zero attached hydrogens (tertiary/aromatic N) is 1. The Bertz CT molecular complexity index is 500. The van der Waals surface area contributed by atoms with Gasteiger partial charge in [0.2, 0.25) is 0 Å².